The van der Waals surface area contributed by atoms with Gasteiger partial charge < -0.3 is 14.8 Å². The highest BCUT2D eigenvalue weighted by atomic mass is 16.5. The molecule has 1 saturated carbocycles. The molecule has 1 spiro atoms. The molecule has 0 radical (unpaired) electrons. The molecule has 2 aromatic carbocycles. The number of methoxy groups -OCH3 is 1. The number of nitrogens with one attached hydrogen (secondary N) is 1. The zero-order chi connectivity index (χ0) is 19.2. The molecule has 2 aromatic rings. The van der Waals surface area contributed by atoms with E-state index in [1.54, 1.807) is 31.2 Å². The molecule has 0 aromatic heterocycles. The average Bonchev–Trinajstić information content (AvgIpc) is 3.30. The van der Waals surface area contributed by atoms with Gasteiger partial charge in [-0.1, -0.05) is 30.3 Å². The predicted octanol–water partition coefficient (Wildman–Crippen LogP) is 2.64. The van der Waals surface area contributed by atoms with E-state index in [1.807, 2.05) is 24.3 Å². The molecule has 0 unspecified atom stereocenters. The summed E-state index contributed by atoms with van der Waals surface area (Å²) in [7, 11) is 1.32. The third-order valence-electron chi connectivity index (χ3n) is 5.43. The normalized spacial score (nSPS) is 24.9. The maximum Gasteiger partial charge on any atom is 0.337 e. The molecule has 1 aliphatic carbocycles. The zero-order valence-corrected chi connectivity index (χ0v) is 15.0. The topological polar surface area (TPSA) is 81.7 Å². The molecule has 0 bridgehead atoms. The summed E-state index contributed by atoms with van der Waals surface area (Å²) in [6, 6.07) is 14.3. The number of fused-ring (bicyclic) bond motifs is 2. The largest absolute Gasteiger partial charge is 0.466 e. The smallest absolute Gasteiger partial charge is 0.337 e. The van der Waals surface area contributed by atoms with E-state index in [0.29, 0.717) is 5.56 Å². The molecule has 6 heteroatoms. The first-order valence-electron chi connectivity index (χ1n) is 8.81. The van der Waals surface area contributed by atoms with Crippen LogP contribution in [0.4, 0.5) is 5.69 Å². The van der Waals surface area contributed by atoms with Crippen molar-refractivity contribution in [3.05, 3.63) is 65.2 Å². The van der Waals surface area contributed by atoms with Gasteiger partial charge in [-0.2, -0.15) is 0 Å². The number of esters is 2. The van der Waals surface area contributed by atoms with Crippen LogP contribution in [-0.2, 0) is 24.5 Å². The fourth-order valence-corrected chi connectivity index (χ4v) is 4.26. The van der Waals surface area contributed by atoms with Crippen LogP contribution >= 0.6 is 0 Å². The van der Waals surface area contributed by atoms with Gasteiger partial charge in [-0.3, -0.25) is 9.59 Å². The second-order valence-corrected chi connectivity index (χ2v) is 6.69. The van der Waals surface area contributed by atoms with Gasteiger partial charge in [0.1, 0.15) is 0 Å². The first-order chi connectivity index (χ1) is 13.1. The first-order valence-corrected chi connectivity index (χ1v) is 8.81. The molecule has 1 amide bonds. The summed E-state index contributed by atoms with van der Waals surface area (Å²) in [6.45, 7) is 2.00. The number of para-hydroxylation sites is 1. The summed E-state index contributed by atoms with van der Waals surface area (Å²) in [4.78, 5) is 37.3. The molecule has 138 valence electrons. The summed E-state index contributed by atoms with van der Waals surface area (Å²) in [5.74, 6) is -1.94. The number of carbonyl (C=O) groups excluding carboxylic acids is 3. The lowest BCUT2D eigenvalue weighted by Gasteiger charge is -2.09. The summed E-state index contributed by atoms with van der Waals surface area (Å²) < 4.78 is 9.98. The van der Waals surface area contributed by atoms with E-state index >= 15 is 0 Å². The van der Waals surface area contributed by atoms with Crippen LogP contribution in [-0.4, -0.2) is 31.6 Å². The van der Waals surface area contributed by atoms with Crippen molar-refractivity contribution in [1.29, 1.82) is 0 Å². The zero-order valence-electron chi connectivity index (χ0n) is 15.0. The first kappa shape index (κ1) is 17.3. The molecule has 1 N–H and O–H groups in total. The predicted molar refractivity (Wildman–Crippen MR) is 97.4 cm³/mol. The Bertz CT molecular complexity index is 936. The van der Waals surface area contributed by atoms with Crippen molar-refractivity contribution >= 4 is 23.5 Å². The number of hydrogen-bond acceptors (Lipinski definition) is 5. The van der Waals surface area contributed by atoms with Gasteiger partial charge in [-0.15, -0.1) is 0 Å². The standard InChI is InChI=1S/C21H19NO5/c1-3-27-19(24)17-16(12-8-10-13(11-9-12)18(23)26-2)21(17)14-6-4-5-7-15(14)22-20(21)25/h4-11,16-17H,3H2,1-2H3,(H,22,25)/t16-,17+,21-/m0/s1. The van der Waals surface area contributed by atoms with Crippen LogP contribution in [0.25, 0.3) is 0 Å². The number of ether oxygens (including phenoxy) is 2. The summed E-state index contributed by atoms with van der Waals surface area (Å²) in [5.41, 5.74) is 1.81. The highest BCUT2D eigenvalue weighted by Gasteiger charge is 2.76. The average molecular weight is 365 g/mol. The van der Waals surface area contributed by atoms with Crippen molar-refractivity contribution in [2.24, 2.45) is 5.92 Å². The summed E-state index contributed by atoms with van der Waals surface area (Å²) in [5, 5.41) is 2.89. The monoisotopic (exact) mass is 365 g/mol. The van der Waals surface area contributed by atoms with E-state index in [-0.39, 0.29) is 24.4 Å². The molecule has 2 aliphatic rings. The number of amides is 1. The van der Waals surface area contributed by atoms with Crippen molar-refractivity contribution < 1.29 is 23.9 Å². The van der Waals surface area contributed by atoms with E-state index in [4.69, 9.17) is 9.47 Å². The van der Waals surface area contributed by atoms with Crippen molar-refractivity contribution in [2.45, 2.75) is 18.3 Å². The lowest BCUT2D eigenvalue weighted by molar-refractivity contribution is -0.146. The second kappa shape index (κ2) is 6.23. The number of anilines is 1. The van der Waals surface area contributed by atoms with Crippen LogP contribution < -0.4 is 5.32 Å². The van der Waals surface area contributed by atoms with Crippen LogP contribution in [0.15, 0.2) is 48.5 Å². The van der Waals surface area contributed by atoms with Gasteiger partial charge in [0.15, 0.2) is 0 Å². The minimum absolute atomic E-state index is 0.191. The third kappa shape index (κ3) is 2.36. The quantitative estimate of drug-likeness (QED) is 0.843. The number of carbonyl (C=O) groups is 3. The van der Waals surface area contributed by atoms with Gasteiger partial charge in [0, 0.05) is 11.6 Å². The van der Waals surface area contributed by atoms with Gasteiger partial charge in [-0.25, -0.2) is 4.79 Å². The maximum atomic E-state index is 12.9. The van der Waals surface area contributed by atoms with Gasteiger partial charge in [0.25, 0.3) is 0 Å². The minimum Gasteiger partial charge on any atom is -0.466 e. The van der Waals surface area contributed by atoms with Gasteiger partial charge >= 0.3 is 11.9 Å². The molecule has 0 saturated heterocycles. The Morgan fingerprint density at radius 3 is 2.48 bits per heavy atom. The van der Waals surface area contributed by atoms with E-state index in [9.17, 15) is 14.4 Å². The fourth-order valence-electron chi connectivity index (χ4n) is 4.26. The Morgan fingerprint density at radius 1 is 1.11 bits per heavy atom. The summed E-state index contributed by atoms with van der Waals surface area (Å²) in [6.07, 6.45) is 0. The molecule has 6 nitrogen and oxygen atoms in total. The lowest BCUT2D eigenvalue weighted by Crippen LogP contribution is -2.25. The van der Waals surface area contributed by atoms with Crippen molar-refractivity contribution in [3.63, 3.8) is 0 Å². The molecular formula is C21H19NO5. The van der Waals surface area contributed by atoms with Crippen LogP contribution in [0.3, 0.4) is 0 Å². The second-order valence-electron chi connectivity index (χ2n) is 6.69. The SMILES string of the molecule is CCOC(=O)[C@H]1[C@H](c2ccc(C(=O)OC)cc2)[C@]12C(=O)Nc1ccccc12. The van der Waals surface area contributed by atoms with E-state index in [2.05, 4.69) is 5.32 Å². The van der Waals surface area contributed by atoms with E-state index < -0.39 is 17.3 Å². The van der Waals surface area contributed by atoms with Gasteiger partial charge in [0.2, 0.25) is 5.91 Å². The van der Waals surface area contributed by atoms with Crippen molar-refractivity contribution in [3.8, 4) is 0 Å². The Hall–Kier alpha value is -3.15. The molecule has 4 rings (SSSR count). The minimum atomic E-state index is -0.963. The Morgan fingerprint density at radius 2 is 1.81 bits per heavy atom. The van der Waals surface area contributed by atoms with E-state index in [1.165, 1.54) is 7.11 Å². The number of rotatable bonds is 4. The van der Waals surface area contributed by atoms with Crippen molar-refractivity contribution in [1.82, 2.24) is 0 Å². The van der Waals surface area contributed by atoms with Gasteiger partial charge in [0.05, 0.1) is 30.6 Å². The molecule has 1 aliphatic heterocycles. The lowest BCUT2D eigenvalue weighted by atomic mass is 9.91. The van der Waals surface area contributed by atoms with Crippen LogP contribution in [0.1, 0.15) is 34.3 Å². The Labute approximate surface area is 156 Å². The summed E-state index contributed by atoms with van der Waals surface area (Å²) >= 11 is 0. The number of benzene rings is 2. The molecular weight excluding hydrogens is 346 g/mol. The van der Waals surface area contributed by atoms with Gasteiger partial charge in [-0.05, 0) is 36.2 Å². The molecule has 1 heterocycles. The van der Waals surface area contributed by atoms with Crippen molar-refractivity contribution in [2.75, 3.05) is 19.0 Å². The number of hydrogen-bond donors (Lipinski definition) is 1. The third-order valence-corrected chi connectivity index (χ3v) is 5.43. The highest BCUT2D eigenvalue weighted by molar-refractivity contribution is 6.14. The van der Waals surface area contributed by atoms with Crippen LogP contribution in [0, 0.1) is 5.92 Å². The maximum absolute atomic E-state index is 12.9. The molecule has 27 heavy (non-hydrogen) atoms. The molecule has 3 atom stereocenters. The Kier molecular flexibility index (Phi) is 3.98. The fraction of sp³-hybridized carbons (Fsp3) is 0.286. The Balaban J connectivity index is 1.78. The van der Waals surface area contributed by atoms with Crippen LogP contribution in [0.2, 0.25) is 0 Å². The van der Waals surface area contributed by atoms with E-state index in [0.717, 1.165) is 16.8 Å². The molecule has 1 fully saturated rings. The highest BCUT2D eigenvalue weighted by Crippen LogP contribution is 2.69. The van der Waals surface area contributed by atoms with Crippen LogP contribution in [0.5, 0.6) is 0 Å².